The first-order valence-electron chi connectivity index (χ1n) is 5.21. The van der Waals surface area contributed by atoms with E-state index in [2.05, 4.69) is 0 Å². The third-order valence-corrected chi connectivity index (χ3v) is 4.73. The van der Waals surface area contributed by atoms with Gasteiger partial charge in [0.2, 0.25) is 0 Å². The molecule has 2 rings (SSSR count). The van der Waals surface area contributed by atoms with Crippen molar-refractivity contribution >= 4 is 11.8 Å². The van der Waals surface area contributed by atoms with Crippen LogP contribution in [-0.2, 0) is 4.74 Å². The van der Waals surface area contributed by atoms with Gasteiger partial charge in [0.25, 0.3) is 0 Å². The van der Waals surface area contributed by atoms with Gasteiger partial charge in [-0.25, -0.2) is 0 Å². The monoisotopic (exact) mass is 218 g/mol. The molecule has 0 aromatic heterocycles. The molecule has 1 atom stereocenters. The SMILES string of the molecule is OCC1(C2(O)CCOC2)CCSCC1. The van der Waals surface area contributed by atoms with Crippen molar-refractivity contribution < 1.29 is 14.9 Å². The van der Waals surface area contributed by atoms with Gasteiger partial charge in [0.1, 0.15) is 0 Å². The van der Waals surface area contributed by atoms with Crippen molar-refractivity contribution in [1.29, 1.82) is 0 Å². The Balaban J connectivity index is 2.16. The van der Waals surface area contributed by atoms with Gasteiger partial charge in [0, 0.05) is 18.4 Å². The summed E-state index contributed by atoms with van der Waals surface area (Å²) in [6, 6.07) is 0. The van der Waals surface area contributed by atoms with E-state index in [0.29, 0.717) is 19.6 Å². The number of aliphatic hydroxyl groups is 2. The molecule has 2 aliphatic heterocycles. The minimum Gasteiger partial charge on any atom is -0.396 e. The first-order chi connectivity index (χ1) is 6.72. The molecule has 0 aliphatic carbocycles. The number of aliphatic hydroxyl groups excluding tert-OH is 1. The molecule has 0 amide bonds. The summed E-state index contributed by atoms with van der Waals surface area (Å²) in [6.45, 7) is 1.12. The van der Waals surface area contributed by atoms with Gasteiger partial charge in [-0.1, -0.05) is 0 Å². The molecule has 0 spiro atoms. The van der Waals surface area contributed by atoms with Gasteiger partial charge in [0.05, 0.1) is 18.8 Å². The molecule has 3 nitrogen and oxygen atoms in total. The zero-order valence-electron chi connectivity index (χ0n) is 8.37. The molecule has 0 bridgehead atoms. The fourth-order valence-electron chi connectivity index (χ4n) is 2.51. The molecule has 0 aromatic carbocycles. The van der Waals surface area contributed by atoms with Crippen LogP contribution in [0, 0.1) is 5.41 Å². The zero-order valence-corrected chi connectivity index (χ0v) is 9.18. The minimum atomic E-state index is -0.775. The maximum absolute atomic E-state index is 10.5. The maximum atomic E-state index is 10.5. The summed E-state index contributed by atoms with van der Waals surface area (Å²) in [5.41, 5.74) is -1.07. The quantitative estimate of drug-likeness (QED) is 0.714. The van der Waals surface area contributed by atoms with E-state index in [-0.39, 0.29) is 12.0 Å². The van der Waals surface area contributed by atoms with Crippen LogP contribution in [0.1, 0.15) is 19.3 Å². The summed E-state index contributed by atoms with van der Waals surface area (Å²) in [5, 5.41) is 20.0. The molecule has 82 valence electrons. The molecule has 2 fully saturated rings. The molecule has 0 radical (unpaired) electrons. The second-order valence-corrected chi connectivity index (χ2v) is 5.61. The van der Waals surface area contributed by atoms with Gasteiger partial charge in [0.15, 0.2) is 0 Å². The summed E-state index contributed by atoms with van der Waals surface area (Å²) in [5.74, 6) is 2.09. The Morgan fingerprint density at radius 3 is 2.43 bits per heavy atom. The van der Waals surface area contributed by atoms with Gasteiger partial charge in [-0.3, -0.25) is 0 Å². The fraction of sp³-hybridized carbons (Fsp3) is 1.00. The van der Waals surface area contributed by atoms with E-state index < -0.39 is 5.60 Å². The Kier molecular flexibility index (Phi) is 3.07. The Hall–Kier alpha value is 0.230. The number of hydrogen-bond acceptors (Lipinski definition) is 4. The highest BCUT2D eigenvalue weighted by atomic mass is 32.2. The highest BCUT2D eigenvalue weighted by Gasteiger charge is 2.52. The normalized spacial score (nSPS) is 37.3. The smallest absolute Gasteiger partial charge is 0.0980 e. The van der Waals surface area contributed by atoms with Gasteiger partial charge in [-0.15, -0.1) is 0 Å². The molecule has 2 aliphatic rings. The Bertz CT molecular complexity index is 196. The second-order valence-electron chi connectivity index (χ2n) is 4.38. The summed E-state index contributed by atoms with van der Waals surface area (Å²) < 4.78 is 5.27. The van der Waals surface area contributed by atoms with E-state index >= 15 is 0 Å². The lowest BCUT2D eigenvalue weighted by molar-refractivity contribution is -0.115. The predicted molar refractivity (Wildman–Crippen MR) is 56.5 cm³/mol. The van der Waals surface area contributed by atoms with Crippen LogP contribution in [0.25, 0.3) is 0 Å². The summed E-state index contributed by atoms with van der Waals surface area (Å²) >= 11 is 1.91. The standard InChI is InChI=1S/C10H18O3S/c11-7-9(2-5-14-6-3-9)10(12)1-4-13-8-10/h11-12H,1-8H2. The van der Waals surface area contributed by atoms with E-state index in [4.69, 9.17) is 4.74 Å². The molecule has 14 heavy (non-hydrogen) atoms. The lowest BCUT2D eigenvalue weighted by Gasteiger charge is -2.45. The number of thioether (sulfide) groups is 1. The van der Waals surface area contributed by atoms with E-state index in [1.165, 1.54) is 0 Å². The summed E-state index contributed by atoms with van der Waals surface area (Å²) in [6.07, 6.45) is 2.50. The van der Waals surface area contributed by atoms with Crippen molar-refractivity contribution in [2.75, 3.05) is 31.3 Å². The van der Waals surface area contributed by atoms with Crippen LogP contribution in [0.15, 0.2) is 0 Å². The predicted octanol–water partition coefficient (Wildman–Crippen LogP) is 0.643. The van der Waals surface area contributed by atoms with Crippen LogP contribution in [0.3, 0.4) is 0 Å². The summed E-state index contributed by atoms with van der Waals surface area (Å²) in [4.78, 5) is 0. The molecule has 1 unspecified atom stereocenters. The number of hydrogen-bond donors (Lipinski definition) is 2. The molecular weight excluding hydrogens is 200 g/mol. The highest BCUT2D eigenvalue weighted by Crippen LogP contribution is 2.46. The molecule has 2 saturated heterocycles. The van der Waals surface area contributed by atoms with E-state index in [1.807, 2.05) is 11.8 Å². The van der Waals surface area contributed by atoms with Crippen molar-refractivity contribution in [1.82, 2.24) is 0 Å². The largest absolute Gasteiger partial charge is 0.396 e. The van der Waals surface area contributed by atoms with Crippen molar-refractivity contribution in [2.45, 2.75) is 24.9 Å². The molecule has 0 aromatic rings. The molecular formula is C10H18O3S. The third-order valence-electron chi connectivity index (χ3n) is 3.74. The molecule has 0 saturated carbocycles. The van der Waals surface area contributed by atoms with Gasteiger partial charge in [-0.2, -0.15) is 11.8 Å². The second kappa shape index (κ2) is 4.00. The van der Waals surface area contributed by atoms with Crippen molar-refractivity contribution in [3.63, 3.8) is 0 Å². The lowest BCUT2D eigenvalue weighted by Crippen LogP contribution is -2.53. The minimum absolute atomic E-state index is 0.0907. The van der Waals surface area contributed by atoms with Crippen LogP contribution >= 0.6 is 11.8 Å². The van der Waals surface area contributed by atoms with Gasteiger partial charge in [-0.05, 0) is 24.3 Å². The fourth-order valence-corrected chi connectivity index (χ4v) is 3.78. The maximum Gasteiger partial charge on any atom is 0.0980 e. The first kappa shape index (κ1) is 10.7. The van der Waals surface area contributed by atoms with E-state index in [9.17, 15) is 10.2 Å². The Morgan fingerprint density at radius 1 is 1.21 bits per heavy atom. The average molecular weight is 218 g/mol. The van der Waals surface area contributed by atoms with Crippen molar-refractivity contribution in [3.05, 3.63) is 0 Å². The number of ether oxygens (including phenoxy) is 1. The molecule has 2 heterocycles. The summed E-state index contributed by atoms with van der Waals surface area (Å²) in [7, 11) is 0. The molecule has 4 heteroatoms. The highest BCUT2D eigenvalue weighted by molar-refractivity contribution is 7.99. The Labute approximate surface area is 88.8 Å². The van der Waals surface area contributed by atoms with E-state index in [1.54, 1.807) is 0 Å². The third kappa shape index (κ3) is 1.58. The molecule has 2 N–H and O–H groups in total. The van der Waals surface area contributed by atoms with Crippen molar-refractivity contribution in [3.8, 4) is 0 Å². The number of rotatable bonds is 2. The van der Waals surface area contributed by atoms with Crippen LogP contribution in [0.2, 0.25) is 0 Å². The van der Waals surface area contributed by atoms with Gasteiger partial charge < -0.3 is 14.9 Å². The van der Waals surface area contributed by atoms with Crippen molar-refractivity contribution in [2.24, 2.45) is 5.41 Å². The first-order valence-corrected chi connectivity index (χ1v) is 6.37. The Morgan fingerprint density at radius 2 is 1.93 bits per heavy atom. The average Bonchev–Trinajstić information content (AvgIpc) is 2.68. The van der Waals surface area contributed by atoms with Gasteiger partial charge >= 0.3 is 0 Å². The lowest BCUT2D eigenvalue weighted by atomic mass is 9.68. The van der Waals surface area contributed by atoms with Crippen LogP contribution in [0.4, 0.5) is 0 Å². The topological polar surface area (TPSA) is 49.7 Å². The zero-order chi connectivity index (χ0) is 10.1. The van der Waals surface area contributed by atoms with Crippen LogP contribution in [0.5, 0.6) is 0 Å². The van der Waals surface area contributed by atoms with Crippen LogP contribution < -0.4 is 0 Å². The van der Waals surface area contributed by atoms with Crippen LogP contribution in [-0.4, -0.2) is 47.1 Å². The van der Waals surface area contributed by atoms with E-state index in [0.717, 1.165) is 24.3 Å².